The van der Waals surface area contributed by atoms with E-state index in [9.17, 15) is 0 Å². The monoisotopic (exact) mass is 186 g/mol. The number of hydrogen-bond acceptors (Lipinski definition) is 1. The van der Waals surface area contributed by atoms with Crippen molar-refractivity contribution in [3.05, 3.63) is 0 Å². The van der Waals surface area contributed by atoms with Gasteiger partial charge in [0.05, 0.1) is 0 Å². The summed E-state index contributed by atoms with van der Waals surface area (Å²) in [6.07, 6.45) is 10.4. The molecule has 0 aromatic carbocycles. The quantitative estimate of drug-likeness (QED) is 0.544. The van der Waals surface area contributed by atoms with Crippen LogP contribution in [0.15, 0.2) is 0 Å². The maximum absolute atomic E-state index is 8.57. The molecule has 1 nitrogen and oxygen atoms in total. The van der Waals surface area contributed by atoms with Crippen molar-refractivity contribution in [2.75, 3.05) is 6.61 Å². The zero-order valence-corrected chi connectivity index (χ0v) is 9.39. The SMILES string of the molecule is CCC(C)CCCCCCCCO. The number of unbranched alkanes of at least 4 members (excludes halogenated alkanes) is 5. The zero-order chi connectivity index (χ0) is 9.94. The Hall–Kier alpha value is -0.0400. The second kappa shape index (κ2) is 10.0. The van der Waals surface area contributed by atoms with Gasteiger partial charge in [0.25, 0.3) is 0 Å². The summed E-state index contributed by atoms with van der Waals surface area (Å²) in [5.41, 5.74) is 0. The molecule has 0 aromatic heterocycles. The highest BCUT2D eigenvalue weighted by atomic mass is 16.2. The number of aliphatic hydroxyl groups is 1. The van der Waals surface area contributed by atoms with Crippen LogP contribution in [0.3, 0.4) is 0 Å². The van der Waals surface area contributed by atoms with Crippen LogP contribution in [0, 0.1) is 5.92 Å². The lowest BCUT2D eigenvalue weighted by molar-refractivity contribution is 0.282. The summed E-state index contributed by atoms with van der Waals surface area (Å²) in [5, 5.41) is 8.57. The van der Waals surface area contributed by atoms with Crippen molar-refractivity contribution in [2.45, 2.75) is 65.2 Å². The van der Waals surface area contributed by atoms with E-state index in [4.69, 9.17) is 5.11 Å². The van der Waals surface area contributed by atoms with Crippen molar-refractivity contribution in [1.29, 1.82) is 0 Å². The summed E-state index contributed by atoms with van der Waals surface area (Å²) in [7, 11) is 0. The van der Waals surface area contributed by atoms with Gasteiger partial charge in [0.15, 0.2) is 0 Å². The molecule has 0 aliphatic carbocycles. The van der Waals surface area contributed by atoms with E-state index >= 15 is 0 Å². The summed E-state index contributed by atoms with van der Waals surface area (Å²) < 4.78 is 0. The second-order valence-electron chi connectivity index (χ2n) is 4.15. The van der Waals surface area contributed by atoms with Crippen molar-refractivity contribution in [3.8, 4) is 0 Å². The first-order chi connectivity index (χ1) is 6.31. The van der Waals surface area contributed by atoms with Gasteiger partial charge in [-0.2, -0.15) is 0 Å². The Bertz CT molecular complexity index is 91.1. The van der Waals surface area contributed by atoms with Gasteiger partial charge in [0.1, 0.15) is 0 Å². The third kappa shape index (κ3) is 9.88. The Morgan fingerprint density at radius 3 is 2.00 bits per heavy atom. The maximum Gasteiger partial charge on any atom is 0.0431 e. The van der Waals surface area contributed by atoms with Crippen molar-refractivity contribution >= 4 is 0 Å². The van der Waals surface area contributed by atoms with Gasteiger partial charge in [0, 0.05) is 6.61 Å². The highest BCUT2D eigenvalue weighted by Gasteiger charge is 1.97. The Kier molecular flexibility index (Phi) is 10.0. The van der Waals surface area contributed by atoms with Crippen LogP contribution in [0.1, 0.15) is 65.2 Å². The fourth-order valence-electron chi connectivity index (χ4n) is 1.52. The summed E-state index contributed by atoms with van der Waals surface area (Å²) in [6, 6.07) is 0. The molecule has 13 heavy (non-hydrogen) atoms. The topological polar surface area (TPSA) is 20.2 Å². The zero-order valence-electron chi connectivity index (χ0n) is 9.39. The first kappa shape index (κ1) is 13.0. The molecule has 0 saturated heterocycles. The van der Waals surface area contributed by atoms with Crippen molar-refractivity contribution in [3.63, 3.8) is 0 Å². The highest BCUT2D eigenvalue weighted by Crippen LogP contribution is 2.13. The summed E-state index contributed by atoms with van der Waals surface area (Å²) >= 11 is 0. The minimum atomic E-state index is 0.368. The molecule has 1 N–H and O–H groups in total. The van der Waals surface area contributed by atoms with Gasteiger partial charge >= 0.3 is 0 Å². The molecule has 0 aliphatic rings. The number of rotatable bonds is 9. The third-order valence-corrected chi connectivity index (χ3v) is 2.80. The standard InChI is InChI=1S/C12H26O/c1-3-12(2)10-8-6-4-5-7-9-11-13/h12-13H,3-11H2,1-2H3. The third-order valence-electron chi connectivity index (χ3n) is 2.80. The lowest BCUT2D eigenvalue weighted by Crippen LogP contribution is -1.91. The largest absolute Gasteiger partial charge is 0.396 e. The van der Waals surface area contributed by atoms with Gasteiger partial charge in [-0.05, 0) is 12.3 Å². The molecule has 0 aromatic rings. The molecule has 80 valence electrons. The molecule has 0 spiro atoms. The molecule has 0 saturated carbocycles. The lowest BCUT2D eigenvalue weighted by Gasteiger charge is -2.07. The van der Waals surface area contributed by atoms with Crippen LogP contribution in [-0.4, -0.2) is 11.7 Å². The minimum Gasteiger partial charge on any atom is -0.396 e. The summed E-state index contributed by atoms with van der Waals surface area (Å²) in [4.78, 5) is 0. The molecular formula is C12H26O. The predicted molar refractivity (Wildman–Crippen MR) is 58.9 cm³/mol. The van der Waals surface area contributed by atoms with Gasteiger partial charge < -0.3 is 5.11 Å². The van der Waals surface area contributed by atoms with E-state index in [1.165, 1.54) is 44.9 Å². The minimum absolute atomic E-state index is 0.368. The van der Waals surface area contributed by atoms with Gasteiger partial charge in [-0.15, -0.1) is 0 Å². The van der Waals surface area contributed by atoms with Crippen LogP contribution >= 0.6 is 0 Å². The van der Waals surface area contributed by atoms with E-state index in [1.54, 1.807) is 0 Å². The average molecular weight is 186 g/mol. The van der Waals surface area contributed by atoms with Crippen LogP contribution in [0.2, 0.25) is 0 Å². The summed E-state index contributed by atoms with van der Waals surface area (Å²) in [6.45, 7) is 4.98. The molecule has 0 radical (unpaired) electrons. The van der Waals surface area contributed by atoms with E-state index in [2.05, 4.69) is 13.8 Å². The maximum atomic E-state index is 8.57. The fourth-order valence-corrected chi connectivity index (χ4v) is 1.52. The van der Waals surface area contributed by atoms with Crippen LogP contribution in [0.5, 0.6) is 0 Å². The smallest absolute Gasteiger partial charge is 0.0431 e. The van der Waals surface area contributed by atoms with E-state index in [0.29, 0.717) is 6.61 Å². The second-order valence-corrected chi connectivity index (χ2v) is 4.15. The molecule has 0 fully saturated rings. The molecule has 1 atom stereocenters. The average Bonchev–Trinajstić information content (AvgIpc) is 2.16. The molecule has 0 bridgehead atoms. The first-order valence-electron chi connectivity index (χ1n) is 5.92. The fraction of sp³-hybridized carbons (Fsp3) is 1.00. The first-order valence-corrected chi connectivity index (χ1v) is 5.92. The van der Waals surface area contributed by atoms with Crippen molar-refractivity contribution in [2.24, 2.45) is 5.92 Å². The van der Waals surface area contributed by atoms with E-state index in [0.717, 1.165) is 12.3 Å². The van der Waals surface area contributed by atoms with Crippen LogP contribution in [0.4, 0.5) is 0 Å². The lowest BCUT2D eigenvalue weighted by atomic mass is 10.00. The Labute approximate surface area is 83.5 Å². The van der Waals surface area contributed by atoms with Gasteiger partial charge in [-0.3, -0.25) is 0 Å². The van der Waals surface area contributed by atoms with Crippen LogP contribution in [0.25, 0.3) is 0 Å². The highest BCUT2D eigenvalue weighted by molar-refractivity contribution is 4.51. The molecule has 0 rings (SSSR count). The van der Waals surface area contributed by atoms with E-state index in [1.807, 2.05) is 0 Å². The van der Waals surface area contributed by atoms with Crippen molar-refractivity contribution in [1.82, 2.24) is 0 Å². The van der Waals surface area contributed by atoms with Gasteiger partial charge in [-0.1, -0.05) is 58.8 Å². The Morgan fingerprint density at radius 1 is 0.923 bits per heavy atom. The van der Waals surface area contributed by atoms with Gasteiger partial charge in [-0.25, -0.2) is 0 Å². The number of aliphatic hydroxyl groups excluding tert-OH is 1. The summed E-state index contributed by atoms with van der Waals surface area (Å²) in [5.74, 6) is 0.914. The van der Waals surface area contributed by atoms with Gasteiger partial charge in [0.2, 0.25) is 0 Å². The van der Waals surface area contributed by atoms with E-state index in [-0.39, 0.29) is 0 Å². The van der Waals surface area contributed by atoms with Crippen LogP contribution < -0.4 is 0 Å². The molecule has 0 heterocycles. The van der Waals surface area contributed by atoms with Crippen LogP contribution in [-0.2, 0) is 0 Å². The molecule has 0 aliphatic heterocycles. The molecule has 1 heteroatoms. The molecular weight excluding hydrogens is 160 g/mol. The molecule has 1 unspecified atom stereocenters. The normalized spacial score (nSPS) is 13.2. The van der Waals surface area contributed by atoms with E-state index < -0.39 is 0 Å². The predicted octanol–water partition coefficient (Wildman–Crippen LogP) is 3.76. The Morgan fingerprint density at radius 2 is 1.46 bits per heavy atom. The Balaban J connectivity index is 2.91. The number of hydrogen-bond donors (Lipinski definition) is 1. The van der Waals surface area contributed by atoms with Crippen molar-refractivity contribution < 1.29 is 5.11 Å². The molecule has 0 amide bonds.